The van der Waals surface area contributed by atoms with Gasteiger partial charge in [0.2, 0.25) is 0 Å². The number of rotatable bonds is 5. The molecule has 2 aromatic rings. The molecule has 0 aromatic heterocycles. The fraction of sp³-hybridized carbons (Fsp3) is 0.400. The van der Waals surface area contributed by atoms with E-state index in [-0.39, 0.29) is 0 Å². The number of benzene rings is 2. The van der Waals surface area contributed by atoms with Gasteiger partial charge in [0.25, 0.3) is 0 Å². The number of likely N-dealkylation sites (tertiary alicyclic amines) is 1. The van der Waals surface area contributed by atoms with Crippen molar-refractivity contribution in [2.45, 2.75) is 32.4 Å². The van der Waals surface area contributed by atoms with Crippen LogP contribution in [0.15, 0.2) is 42.5 Å². The molecule has 0 saturated carbocycles. The van der Waals surface area contributed by atoms with Crippen molar-refractivity contribution in [2.24, 2.45) is 0 Å². The topological polar surface area (TPSA) is 21.7 Å². The molecular formula is C20H25NO2. The third kappa shape index (κ3) is 3.35. The van der Waals surface area contributed by atoms with Gasteiger partial charge in [-0.15, -0.1) is 0 Å². The molecule has 3 nitrogen and oxygen atoms in total. The van der Waals surface area contributed by atoms with Gasteiger partial charge in [-0.2, -0.15) is 0 Å². The van der Waals surface area contributed by atoms with Crippen LogP contribution in [0.25, 0.3) is 0 Å². The van der Waals surface area contributed by atoms with Crippen molar-refractivity contribution < 1.29 is 9.47 Å². The molecule has 3 heteroatoms. The minimum absolute atomic E-state index is 0.389. The molecule has 122 valence electrons. The molecule has 1 fully saturated rings. The van der Waals surface area contributed by atoms with Gasteiger partial charge in [0.15, 0.2) is 0 Å². The molecule has 3 rings (SSSR count). The zero-order chi connectivity index (χ0) is 16.2. The predicted octanol–water partition coefficient (Wildman–Crippen LogP) is 4.35. The van der Waals surface area contributed by atoms with E-state index in [2.05, 4.69) is 42.2 Å². The van der Waals surface area contributed by atoms with Gasteiger partial charge in [-0.3, -0.25) is 4.90 Å². The molecule has 0 amide bonds. The van der Waals surface area contributed by atoms with Crippen LogP contribution in [0.5, 0.6) is 11.5 Å². The second kappa shape index (κ2) is 7.05. The van der Waals surface area contributed by atoms with E-state index in [0.717, 1.165) is 31.0 Å². The van der Waals surface area contributed by atoms with E-state index in [0.29, 0.717) is 6.04 Å². The Kier molecular flexibility index (Phi) is 4.87. The maximum atomic E-state index is 5.60. The van der Waals surface area contributed by atoms with E-state index in [1.807, 2.05) is 12.1 Å². The minimum atomic E-state index is 0.389. The molecule has 0 radical (unpaired) electrons. The molecular weight excluding hydrogens is 286 g/mol. The lowest BCUT2D eigenvalue weighted by Gasteiger charge is -2.27. The fourth-order valence-corrected chi connectivity index (χ4v) is 3.47. The summed E-state index contributed by atoms with van der Waals surface area (Å²) in [7, 11) is 3.46. The Labute approximate surface area is 138 Å². The van der Waals surface area contributed by atoms with Crippen molar-refractivity contribution in [3.8, 4) is 11.5 Å². The van der Waals surface area contributed by atoms with Crippen LogP contribution in [0, 0.1) is 6.92 Å². The monoisotopic (exact) mass is 311 g/mol. The van der Waals surface area contributed by atoms with Crippen LogP contribution in [0.2, 0.25) is 0 Å². The Morgan fingerprint density at radius 1 is 1.09 bits per heavy atom. The lowest BCUT2D eigenvalue weighted by Crippen LogP contribution is -2.23. The summed E-state index contributed by atoms with van der Waals surface area (Å²) in [5.74, 6) is 1.84. The molecule has 1 heterocycles. The number of aryl methyl sites for hydroxylation is 1. The SMILES string of the molecule is COc1ccc(OC)c(C2CCCN2Cc2ccccc2C)c1. The molecule has 0 aliphatic carbocycles. The third-order valence-corrected chi connectivity index (χ3v) is 4.79. The van der Waals surface area contributed by atoms with Crippen LogP contribution >= 0.6 is 0 Å². The second-order valence-corrected chi connectivity index (χ2v) is 6.16. The first-order valence-electron chi connectivity index (χ1n) is 8.23. The highest BCUT2D eigenvalue weighted by atomic mass is 16.5. The Bertz CT molecular complexity index is 668. The summed E-state index contributed by atoms with van der Waals surface area (Å²) >= 11 is 0. The predicted molar refractivity (Wildman–Crippen MR) is 93.1 cm³/mol. The zero-order valence-electron chi connectivity index (χ0n) is 14.2. The molecule has 1 aliphatic rings. The molecule has 0 bridgehead atoms. The maximum absolute atomic E-state index is 5.60. The van der Waals surface area contributed by atoms with Crippen LogP contribution in [0.3, 0.4) is 0 Å². The Balaban J connectivity index is 1.88. The maximum Gasteiger partial charge on any atom is 0.123 e. The summed E-state index contributed by atoms with van der Waals surface area (Å²) < 4.78 is 11.0. The molecule has 1 unspecified atom stereocenters. The van der Waals surface area contributed by atoms with Crippen LogP contribution in [0.1, 0.15) is 35.6 Å². The molecule has 0 N–H and O–H groups in total. The van der Waals surface area contributed by atoms with Gasteiger partial charge in [-0.05, 0) is 55.6 Å². The van der Waals surface area contributed by atoms with Crippen molar-refractivity contribution >= 4 is 0 Å². The molecule has 0 spiro atoms. The average Bonchev–Trinajstić information content (AvgIpc) is 3.04. The molecule has 1 atom stereocenters. The smallest absolute Gasteiger partial charge is 0.123 e. The minimum Gasteiger partial charge on any atom is -0.497 e. The Hall–Kier alpha value is -2.00. The van der Waals surface area contributed by atoms with E-state index >= 15 is 0 Å². The number of methoxy groups -OCH3 is 2. The first-order chi connectivity index (χ1) is 11.2. The summed E-state index contributed by atoms with van der Waals surface area (Å²) in [4.78, 5) is 2.56. The average molecular weight is 311 g/mol. The second-order valence-electron chi connectivity index (χ2n) is 6.16. The molecule has 1 saturated heterocycles. The fourth-order valence-electron chi connectivity index (χ4n) is 3.47. The standard InChI is InChI=1S/C20H25NO2/c1-15-7-4-5-8-16(15)14-21-12-6-9-19(21)18-13-17(22-2)10-11-20(18)23-3/h4-5,7-8,10-11,13,19H,6,9,12,14H2,1-3H3. The highest BCUT2D eigenvalue weighted by Gasteiger charge is 2.28. The first-order valence-corrected chi connectivity index (χ1v) is 8.23. The summed E-state index contributed by atoms with van der Waals surface area (Å²) in [6, 6.07) is 15.1. The zero-order valence-corrected chi connectivity index (χ0v) is 14.2. The normalized spacial score (nSPS) is 18.1. The Morgan fingerprint density at radius 3 is 2.65 bits per heavy atom. The van der Waals surface area contributed by atoms with E-state index in [1.165, 1.54) is 23.1 Å². The summed E-state index contributed by atoms with van der Waals surface area (Å²) in [5.41, 5.74) is 4.00. The van der Waals surface area contributed by atoms with Crippen molar-refractivity contribution in [3.05, 3.63) is 59.2 Å². The number of hydrogen-bond acceptors (Lipinski definition) is 3. The van der Waals surface area contributed by atoms with E-state index in [1.54, 1.807) is 14.2 Å². The van der Waals surface area contributed by atoms with E-state index < -0.39 is 0 Å². The van der Waals surface area contributed by atoms with Crippen molar-refractivity contribution in [2.75, 3.05) is 20.8 Å². The Morgan fingerprint density at radius 2 is 1.91 bits per heavy atom. The first kappa shape index (κ1) is 15.9. The third-order valence-electron chi connectivity index (χ3n) is 4.79. The summed E-state index contributed by atoms with van der Waals surface area (Å²) in [6.07, 6.45) is 2.38. The summed E-state index contributed by atoms with van der Waals surface area (Å²) in [5, 5.41) is 0. The summed E-state index contributed by atoms with van der Waals surface area (Å²) in [6.45, 7) is 4.30. The van der Waals surface area contributed by atoms with E-state index in [4.69, 9.17) is 9.47 Å². The van der Waals surface area contributed by atoms with Crippen molar-refractivity contribution in [3.63, 3.8) is 0 Å². The largest absolute Gasteiger partial charge is 0.497 e. The van der Waals surface area contributed by atoms with Gasteiger partial charge in [0.1, 0.15) is 11.5 Å². The number of hydrogen-bond donors (Lipinski definition) is 0. The van der Waals surface area contributed by atoms with E-state index in [9.17, 15) is 0 Å². The number of nitrogens with zero attached hydrogens (tertiary/aromatic N) is 1. The quantitative estimate of drug-likeness (QED) is 0.819. The lowest BCUT2D eigenvalue weighted by molar-refractivity contribution is 0.242. The number of ether oxygens (including phenoxy) is 2. The van der Waals surface area contributed by atoms with Gasteiger partial charge >= 0.3 is 0 Å². The lowest BCUT2D eigenvalue weighted by atomic mass is 10.0. The van der Waals surface area contributed by atoms with Gasteiger partial charge in [0.05, 0.1) is 14.2 Å². The van der Waals surface area contributed by atoms with Gasteiger partial charge < -0.3 is 9.47 Å². The molecule has 1 aliphatic heterocycles. The van der Waals surface area contributed by atoms with Crippen LogP contribution in [-0.2, 0) is 6.54 Å². The van der Waals surface area contributed by atoms with Crippen LogP contribution in [-0.4, -0.2) is 25.7 Å². The van der Waals surface area contributed by atoms with Crippen molar-refractivity contribution in [1.82, 2.24) is 4.90 Å². The highest BCUT2D eigenvalue weighted by molar-refractivity contribution is 5.42. The van der Waals surface area contributed by atoms with Gasteiger partial charge in [-0.25, -0.2) is 0 Å². The molecule has 23 heavy (non-hydrogen) atoms. The van der Waals surface area contributed by atoms with Crippen molar-refractivity contribution in [1.29, 1.82) is 0 Å². The van der Waals surface area contributed by atoms with Crippen LogP contribution in [0.4, 0.5) is 0 Å². The van der Waals surface area contributed by atoms with Crippen LogP contribution < -0.4 is 9.47 Å². The highest BCUT2D eigenvalue weighted by Crippen LogP contribution is 2.39. The van der Waals surface area contributed by atoms with Gasteiger partial charge in [0, 0.05) is 18.2 Å². The van der Waals surface area contributed by atoms with Gasteiger partial charge in [-0.1, -0.05) is 24.3 Å². The molecule has 2 aromatic carbocycles.